The molecule has 7 aromatic carbocycles. The third-order valence-corrected chi connectivity index (χ3v) is 11.4. The van der Waals surface area contributed by atoms with Crippen LogP contribution in [0.4, 0.5) is 17.1 Å². The van der Waals surface area contributed by atoms with Crippen molar-refractivity contribution in [2.45, 2.75) is 17.8 Å². The highest BCUT2D eigenvalue weighted by atomic mass is 15.1. The molecule has 3 aliphatic rings. The van der Waals surface area contributed by atoms with Crippen LogP contribution in [0.25, 0.3) is 22.3 Å². The van der Waals surface area contributed by atoms with Gasteiger partial charge in [-0.1, -0.05) is 170 Å². The zero-order valence-corrected chi connectivity index (χ0v) is 28.4. The first-order valence-electron chi connectivity index (χ1n) is 18.1. The van der Waals surface area contributed by atoms with Crippen molar-refractivity contribution in [1.29, 1.82) is 0 Å². The van der Waals surface area contributed by atoms with E-state index in [2.05, 4.69) is 205 Å². The molecule has 0 heterocycles. The Hall–Kier alpha value is -6.18. The van der Waals surface area contributed by atoms with Gasteiger partial charge in [-0.15, -0.1) is 0 Å². The second kappa shape index (κ2) is 12.0. The first-order chi connectivity index (χ1) is 25.3. The van der Waals surface area contributed by atoms with E-state index in [1.54, 1.807) is 0 Å². The summed E-state index contributed by atoms with van der Waals surface area (Å²) in [7, 11) is 0. The first-order valence-corrected chi connectivity index (χ1v) is 18.1. The minimum absolute atomic E-state index is 0.254. The average molecular weight is 652 g/mol. The number of benzene rings is 7. The Morgan fingerprint density at radius 3 is 2.02 bits per heavy atom. The highest BCUT2D eigenvalue weighted by Crippen LogP contribution is 2.60. The standard InChI is InChI=1S/C50H37N/c1-3-15-35(16-4-1)36-29-31-41(32-30-36)51(48-28-13-18-38-33-37-17-7-8-23-43(37)49(38)48)42-22-14-21-40(34-42)50(39-19-5-2-6-20-39)46-26-11-9-24-44(46)45-25-10-12-27-47(45)50/h1-32,34,44,46H,33H2. The third-order valence-electron chi connectivity index (χ3n) is 11.4. The molecule has 0 radical (unpaired) electrons. The van der Waals surface area contributed by atoms with Crippen LogP contribution < -0.4 is 4.90 Å². The van der Waals surface area contributed by atoms with Gasteiger partial charge in [-0.3, -0.25) is 0 Å². The molecule has 0 saturated heterocycles. The lowest BCUT2D eigenvalue weighted by Crippen LogP contribution is -2.35. The zero-order chi connectivity index (χ0) is 33.8. The number of fused-ring (bicyclic) bond motifs is 6. The van der Waals surface area contributed by atoms with Crippen LogP contribution in [0.3, 0.4) is 0 Å². The number of hydrogen-bond donors (Lipinski definition) is 0. The largest absolute Gasteiger partial charge is 0.310 e. The van der Waals surface area contributed by atoms with Gasteiger partial charge in [0.05, 0.1) is 11.1 Å². The van der Waals surface area contributed by atoms with Gasteiger partial charge < -0.3 is 4.90 Å². The normalized spacial score (nSPS) is 19.2. The van der Waals surface area contributed by atoms with Crippen LogP contribution in [0, 0.1) is 5.92 Å². The number of hydrogen-bond acceptors (Lipinski definition) is 1. The monoisotopic (exact) mass is 651 g/mol. The number of anilines is 3. The molecule has 0 aromatic heterocycles. The second-order valence-corrected chi connectivity index (χ2v) is 14.0. The van der Waals surface area contributed by atoms with E-state index in [0.29, 0.717) is 5.92 Å². The van der Waals surface area contributed by atoms with E-state index >= 15 is 0 Å². The maximum Gasteiger partial charge on any atom is 0.0543 e. The molecule has 0 N–H and O–H groups in total. The summed E-state index contributed by atoms with van der Waals surface area (Å²) >= 11 is 0. The van der Waals surface area contributed by atoms with Gasteiger partial charge in [-0.05, 0) is 86.8 Å². The van der Waals surface area contributed by atoms with Crippen LogP contribution >= 0.6 is 0 Å². The van der Waals surface area contributed by atoms with Gasteiger partial charge in [-0.2, -0.15) is 0 Å². The molecule has 3 atom stereocenters. The van der Waals surface area contributed by atoms with Gasteiger partial charge in [0.2, 0.25) is 0 Å². The summed E-state index contributed by atoms with van der Waals surface area (Å²) in [5, 5.41) is 0. The molecular formula is C50H37N. The van der Waals surface area contributed by atoms with Gasteiger partial charge in [-0.25, -0.2) is 0 Å². The lowest BCUT2D eigenvalue weighted by atomic mass is 9.63. The van der Waals surface area contributed by atoms with E-state index in [1.165, 1.54) is 61.3 Å². The smallest absolute Gasteiger partial charge is 0.0543 e. The van der Waals surface area contributed by atoms with Crippen LogP contribution in [-0.4, -0.2) is 0 Å². The lowest BCUT2D eigenvalue weighted by molar-refractivity contribution is 0.457. The van der Waals surface area contributed by atoms with Crippen LogP contribution in [-0.2, 0) is 11.8 Å². The van der Waals surface area contributed by atoms with E-state index in [9.17, 15) is 0 Å². The molecular weight excluding hydrogens is 615 g/mol. The SMILES string of the molecule is C1=CC2c3ccccc3C(c3ccccc3)(c3cccc(N(c4ccc(-c5ccccc5)cc4)c4cccc5c4-c4ccccc4C5)c3)C2C=C1. The molecule has 242 valence electrons. The predicted molar refractivity (Wildman–Crippen MR) is 212 cm³/mol. The summed E-state index contributed by atoms with van der Waals surface area (Å²) in [6.45, 7) is 0. The Morgan fingerprint density at radius 2 is 1.16 bits per heavy atom. The van der Waals surface area contributed by atoms with E-state index in [4.69, 9.17) is 0 Å². The summed E-state index contributed by atoms with van der Waals surface area (Å²) in [5.74, 6) is 0.564. The molecule has 3 unspecified atom stereocenters. The Labute approximate surface area is 300 Å². The van der Waals surface area contributed by atoms with Crippen molar-refractivity contribution in [2.75, 3.05) is 4.90 Å². The summed E-state index contributed by atoms with van der Waals surface area (Å²) < 4.78 is 0. The van der Waals surface area contributed by atoms with Crippen molar-refractivity contribution in [2.24, 2.45) is 5.92 Å². The minimum Gasteiger partial charge on any atom is -0.310 e. The molecule has 0 fully saturated rings. The maximum absolute atomic E-state index is 2.49. The van der Waals surface area contributed by atoms with Gasteiger partial charge in [0.15, 0.2) is 0 Å². The van der Waals surface area contributed by atoms with E-state index in [-0.39, 0.29) is 11.3 Å². The summed E-state index contributed by atoms with van der Waals surface area (Å²) in [5.41, 5.74) is 16.5. The fourth-order valence-electron chi connectivity index (χ4n) is 9.31. The molecule has 1 heteroatoms. The van der Waals surface area contributed by atoms with Crippen molar-refractivity contribution in [3.8, 4) is 22.3 Å². The minimum atomic E-state index is -0.353. The maximum atomic E-state index is 2.49. The summed E-state index contributed by atoms with van der Waals surface area (Å²) in [4.78, 5) is 2.49. The van der Waals surface area contributed by atoms with E-state index < -0.39 is 0 Å². The van der Waals surface area contributed by atoms with Gasteiger partial charge in [0.1, 0.15) is 0 Å². The van der Waals surface area contributed by atoms with Crippen LogP contribution in [0.15, 0.2) is 200 Å². The van der Waals surface area contributed by atoms with Crippen LogP contribution in [0.1, 0.15) is 39.3 Å². The van der Waals surface area contributed by atoms with Crippen molar-refractivity contribution >= 4 is 17.1 Å². The second-order valence-electron chi connectivity index (χ2n) is 14.0. The molecule has 0 amide bonds. The fraction of sp³-hybridized carbons (Fsp3) is 0.0800. The molecule has 51 heavy (non-hydrogen) atoms. The molecule has 7 aromatic rings. The Kier molecular flexibility index (Phi) is 6.99. The zero-order valence-electron chi connectivity index (χ0n) is 28.4. The number of allylic oxidation sites excluding steroid dienone is 4. The Bertz CT molecular complexity index is 2450. The lowest BCUT2D eigenvalue weighted by Gasteiger charge is -2.39. The van der Waals surface area contributed by atoms with Crippen molar-refractivity contribution in [3.63, 3.8) is 0 Å². The van der Waals surface area contributed by atoms with Gasteiger partial charge in [0, 0.05) is 28.8 Å². The van der Waals surface area contributed by atoms with Gasteiger partial charge in [0.25, 0.3) is 0 Å². The topological polar surface area (TPSA) is 3.24 Å². The summed E-state index contributed by atoms with van der Waals surface area (Å²) in [6, 6.07) is 65.3. The van der Waals surface area contributed by atoms with E-state index in [1.807, 2.05) is 0 Å². The molecule has 0 bridgehead atoms. The molecule has 3 aliphatic carbocycles. The third kappa shape index (κ3) is 4.62. The van der Waals surface area contributed by atoms with Crippen LogP contribution in [0.2, 0.25) is 0 Å². The van der Waals surface area contributed by atoms with E-state index in [0.717, 1.165) is 17.8 Å². The van der Waals surface area contributed by atoms with Crippen molar-refractivity contribution in [3.05, 3.63) is 234 Å². The number of rotatable bonds is 6. The first kappa shape index (κ1) is 29.7. The molecule has 0 spiro atoms. The predicted octanol–water partition coefficient (Wildman–Crippen LogP) is 12.6. The highest BCUT2D eigenvalue weighted by molar-refractivity contribution is 5.93. The summed E-state index contributed by atoms with van der Waals surface area (Å²) in [6.07, 6.45) is 10.3. The quantitative estimate of drug-likeness (QED) is 0.173. The number of nitrogens with zero attached hydrogens (tertiary/aromatic N) is 1. The molecule has 0 saturated carbocycles. The highest BCUT2D eigenvalue weighted by Gasteiger charge is 2.52. The van der Waals surface area contributed by atoms with Crippen molar-refractivity contribution < 1.29 is 0 Å². The Morgan fingerprint density at radius 1 is 0.490 bits per heavy atom. The molecule has 1 nitrogen and oxygen atoms in total. The Balaban J connectivity index is 1.21. The molecule has 0 aliphatic heterocycles. The van der Waals surface area contributed by atoms with Crippen LogP contribution in [0.5, 0.6) is 0 Å². The average Bonchev–Trinajstić information content (AvgIpc) is 3.74. The fourth-order valence-corrected chi connectivity index (χ4v) is 9.31. The molecule has 10 rings (SSSR count). The van der Waals surface area contributed by atoms with Crippen molar-refractivity contribution in [1.82, 2.24) is 0 Å². The van der Waals surface area contributed by atoms with Gasteiger partial charge >= 0.3 is 0 Å².